The summed E-state index contributed by atoms with van der Waals surface area (Å²) >= 11 is 0. The van der Waals surface area contributed by atoms with Crippen molar-refractivity contribution in [1.29, 1.82) is 0 Å². The molecule has 1 atom stereocenters. The number of piperidine rings is 1. The molecule has 0 spiro atoms. The van der Waals surface area contributed by atoms with Crippen LogP contribution in [0.2, 0.25) is 0 Å². The highest BCUT2D eigenvalue weighted by Crippen LogP contribution is 2.23. The molecule has 148 valence electrons. The second kappa shape index (κ2) is 10.6. The number of likely N-dealkylation sites (tertiary alicyclic amines) is 1. The molecule has 2 N–H and O–H groups in total. The monoisotopic (exact) mass is 364 g/mol. The van der Waals surface area contributed by atoms with E-state index in [-0.39, 0.29) is 5.54 Å². The lowest BCUT2D eigenvalue weighted by Crippen LogP contribution is -2.56. The van der Waals surface area contributed by atoms with Crippen LogP contribution in [0.15, 0.2) is 27.8 Å². The van der Waals surface area contributed by atoms with Gasteiger partial charge in [0.1, 0.15) is 12.4 Å². The summed E-state index contributed by atoms with van der Waals surface area (Å²) in [5, 5.41) is 6.84. The molecular formula is C20H36N4O2. The third-order valence-corrected chi connectivity index (χ3v) is 5.01. The average Bonchev–Trinajstić information content (AvgIpc) is 3.14. The van der Waals surface area contributed by atoms with Gasteiger partial charge >= 0.3 is 0 Å². The van der Waals surface area contributed by atoms with Crippen LogP contribution in [0.5, 0.6) is 0 Å². The van der Waals surface area contributed by atoms with Crippen LogP contribution in [0, 0.1) is 5.92 Å². The van der Waals surface area contributed by atoms with Crippen LogP contribution < -0.4 is 10.6 Å². The van der Waals surface area contributed by atoms with Crippen LogP contribution in [-0.4, -0.2) is 56.2 Å². The molecule has 0 saturated carbocycles. The summed E-state index contributed by atoms with van der Waals surface area (Å²) in [5.41, 5.74) is 0.123. The first-order valence-corrected chi connectivity index (χ1v) is 9.81. The molecule has 6 heteroatoms. The summed E-state index contributed by atoms with van der Waals surface area (Å²) < 4.78 is 10.8. The molecule has 0 aliphatic carbocycles. The number of hydrogen-bond acceptors (Lipinski definition) is 4. The number of rotatable bonds is 9. The topological polar surface area (TPSA) is 62.0 Å². The van der Waals surface area contributed by atoms with Gasteiger partial charge in [0.15, 0.2) is 5.96 Å². The van der Waals surface area contributed by atoms with Crippen molar-refractivity contribution in [3.63, 3.8) is 0 Å². The third-order valence-electron chi connectivity index (χ3n) is 5.01. The van der Waals surface area contributed by atoms with Gasteiger partial charge in [0.05, 0.1) is 6.26 Å². The van der Waals surface area contributed by atoms with Gasteiger partial charge in [0.25, 0.3) is 0 Å². The van der Waals surface area contributed by atoms with Crippen molar-refractivity contribution < 1.29 is 9.15 Å². The summed E-state index contributed by atoms with van der Waals surface area (Å²) in [6, 6.07) is 3.80. The van der Waals surface area contributed by atoms with E-state index < -0.39 is 0 Å². The first kappa shape index (κ1) is 20.8. The summed E-state index contributed by atoms with van der Waals surface area (Å²) in [6.45, 7) is 12.3. The van der Waals surface area contributed by atoms with Gasteiger partial charge in [-0.1, -0.05) is 6.92 Å². The Hall–Kier alpha value is -1.53. The fourth-order valence-corrected chi connectivity index (χ4v) is 3.32. The van der Waals surface area contributed by atoms with Crippen molar-refractivity contribution in [3.8, 4) is 0 Å². The Morgan fingerprint density at radius 1 is 1.42 bits per heavy atom. The molecule has 1 aliphatic heterocycles. The van der Waals surface area contributed by atoms with E-state index in [2.05, 4.69) is 41.3 Å². The Labute approximate surface area is 158 Å². The lowest BCUT2D eigenvalue weighted by atomic mass is 9.93. The Kier molecular flexibility index (Phi) is 8.45. The number of nitrogens with zero attached hydrogens (tertiary/aromatic N) is 2. The highest BCUT2D eigenvalue weighted by atomic mass is 16.5. The third kappa shape index (κ3) is 7.00. The zero-order valence-corrected chi connectivity index (χ0v) is 16.9. The van der Waals surface area contributed by atoms with Crippen LogP contribution in [0.1, 0.15) is 45.8 Å². The van der Waals surface area contributed by atoms with Crippen LogP contribution in [0.25, 0.3) is 0 Å². The molecular weight excluding hydrogens is 328 g/mol. The molecule has 1 fully saturated rings. The van der Waals surface area contributed by atoms with Gasteiger partial charge < -0.3 is 19.8 Å². The quantitative estimate of drug-likeness (QED) is 0.401. The molecule has 1 aliphatic rings. The van der Waals surface area contributed by atoms with Crippen molar-refractivity contribution in [2.75, 3.05) is 39.8 Å². The normalized spacial score (nSPS) is 19.5. The van der Waals surface area contributed by atoms with Gasteiger partial charge in [-0.2, -0.15) is 0 Å². The van der Waals surface area contributed by atoms with E-state index in [0.29, 0.717) is 13.2 Å². The molecule has 0 radical (unpaired) electrons. The Morgan fingerprint density at radius 2 is 2.27 bits per heavy atom. The van der Waals surface area contributed by atoms with E-state index in [9.17, 15) is 0 Å². The number of ether oxygens (including phenoxy) is 1. The maximum absolute atomic E-state index is 5.60. The molecule has 0 bridgehead atoms. The molecule has 1 unspecified atom stereocenters. The minimum atomic E-state index is 0.123. The fraction of sp³-hybridized carbons (Fsp3) is 0.750. The van der Waals surface area contributed by atoms with E-state index in [1.807, 2.05) is 19.2 Å². The van der Waals surface area contributed by atoms with E-state index in [4.69, 9.17) is 9.15 Å². The van der Waals surface area contributed by atoms with Crippen molar-refractivity contribution in [3.05, 3.63) is 24.2 Å². The van der Waals surface area contributed by atoms with Gasteiger partial charge in [-0.3, -0.25) is 9.89 Å². The highest BCUT2D eigenvalue weighted by Gasteiger charge is 2.30. The molecule has 0 aromatic carbocycles. The maximum Gasteiger partial charge on any atom is 0.191 e. The standard InChI is InChI=1S/C20H36N4O2/c1-17-8-5-11-24(14-17)20(2,3)16-23-19(21-4)22-10-7-12-25-15-18-9-6-13-26-18/h6,9,13,17H,5,7-8,10-12,14-16H2,1-4H3,(H2,21,22,23). The van der Waals surface area contributed by atoms with Crippen LogP contribution >= 0.6 is 0 Å². The molecule has 1 aromatic heterocycles. The van der Waals surface area contributed by atoms with Gasteiger partial charge in [0.2, 0.25) is 0 Å². The predicted octanol–water partition coefficient (Wildman–Crippen LogP) is 2.86. The molecule has 2 rings (SSSR count). The second-order valence-corrected chi connectivity index (χ2v) is 7.84. The fourth-order valence-electron chi connectivity index (χ4n) is 3.32. The zero-order valence-electron chi connectivity index (χ0n) is 16.9. The molecule has 1 saturated heterocycles. The Balaban J connectivity index is 1.60. The zero-order chi connectivity index (χ0) is 18.8. The minimum absolute atomic E-state index is 0.123. The molecule has 6 nitrogen and oxygen atoms in total. The first-order valence-electron chi connectivity index (χ1n) is 9.81. The van der Waals surface area contributed by atoms with Crippen LogP contribution in [-0.2, 0) is 11.3 Å². The van der Waals surface area contributed by atoms with E-state index >= 15 is 0 Å². The molecule has 26 heavy (non-hydrogen) atoms. The van der Waals surface area contributed by atoms with E-state index in [1.165, 1.54) is 25.9 Å². The number of hydrogen-bond donors (Lipinski definition) is 2. The molecule has 1 aromatic rings. The first-order chi connectivity index (χ1) is 12.5. The summed E-state index contributed by atoms with van der Waals surface area (Å²) in [7, 11) is 1.82. The van der Waals surface area contributed by atoms with E-state index in [1.54, 1.807) is 6.26 Å². The van der Waals surface area contributed by atoms with Crippen molar-refractivity contribution in [1.82, 2.24) is 15.5 Å². The van der Waals surface area contributed by atoms with Gasteiger partial charge in [0, 0.05) is 38.8 Å². The number of aliphatic imine (C=N–C) groups is 1. The number of furan rings is 1. The van der Waals surface area contributed by atoms with E-state index in [0.717, 1.165) is 37.1 Å². The minimum Gasteiger partial charge on any atom is -0.467 e. The van der Waals surface area contributed by atoms with Crippen molar-refractivity contribution >= 4 is 5.96 Å². The maximum atomic E-state index is 5.60. The van der Waals surface area contributed by atoms with Gasteiger partial charge in [-0.15, -0.1) is 0 Å². The lowest BCUT2D eigenvalue weighted by molar-refractivity contribution is 0.0739. The van der Waals surface area contributed by atoms with Crippen LogP contribution in [0.3, 0.4) is 0 Å². The predicted molar refractivity (Wildman–Crippen MR) is 106 cm³/mol. The summed E-state index contributed by atoms with van der Waals surface area (Å²) in [4.78, 5) is 6.93. The van der Waals surface area contributed by atoms with Crippen molar-refractivity contribution in [2.45, 2.75) is 52.2 Å². The summed E-state index contributed by atoms with van der Waals surface area (Å²) in [5.74, 6) is 2.51. The largest absolute Gasteiger partial charge is 0.467 e. The highest BCUT2D eigenvalue weighted by molar-refractivity contribution is 5.79. The van der Waals surface area contributed by atoms with Crippen LogP contribution in [0.4, 0.5) is 0 Å². The SMILES string of the molecule is CN=C(NCCCOCc1ccco1)NCC(C)(C)N1CCCC(C)C1. The Morgan fingerprint density at radius 3 is 2.96 bits per heavy atom. The second-order valence-electron chi connectivity index (χ2n) is 7.84. The summed E-state index contributed by atoms with van der Waals surface area (Å²) in [6.07, 6.45) is 5.25. The number of guanidine groups is 1. The number of nitrogens with one attached hydrogen (secondary N) is 2. The van der Waals surface area contributed by atoms with Gasteiger partial charge in [-0.25, -0.2) is 0 Å². The molecule has 0 amide bonds. The smallest absolute Gasteiger partial charge is 0.191 e. The molecule has 2 heterocycles. The lowest BCUT2D eigenvalue weighted by Gasteiger charge is -2.43. The van der Waals surface area contributed by atoms with Gasteiger partial charge in [-0.05, 0) is 57.7 Å². The average molecular weight is 365 g/mol. The van der Waals surface area contributed by atoms with Crippen molar-refractivity contribution in [2.24, 2.45) is 10.9 Å². The Bertz CT molecular complexity index is 528.